The number of aryl methyl sites for hydroxylation is 2. The number of nitrogens with zero attached hydrogens (tertiary/aromatic N) is 3. The normalized spacial score (nSPS) is 24.1. The standard InChI is InChI=1S/C20H23N3O4/c1-12-3-4-16(7-13(12)2)27-17-8-14-10-22(11-15(14)9-17)20(26)23-6-5-18(21-23)19(24)25/h3-7,14-15,17H,8-11H2,1-2H3,(H,24,25)/t14-,15+,17?. The minimum absolute atomic E-state index is 0.121. The van der Waals surface area contributed by atoms with Crippen LogP contribution in [0.15, 0.2) is 30.5 Å². The Morgan fingerprint density at radius 1 is 1.11 bits per heavy atom. The third-order valence-corrected chi connectivity index (χ3v) is 5.76. The number of hydrogen-bond acceptors (Lipinski definition) is 4. The number of carboxylic acid groups (broad SMARTS) is 1. The van der Waals surface area contributed by atoms with Crippen LogP contribution in [-0.4, -0.2) is 51.0 Å². The molecule has 7 heteroatoms. The Bertz CT molecular complexity index is 877. The lowest BCUT2D eigenvalue weighted by atomic mass is 10.0. The van der Waals surface area contributed by atoms with Gasteiger partial charge in [-0.1, -0.05) is 6.07 Å². The minimum atomic E-state index is -1.13. The van der Waals surface area contributed by atoms with Crippen LogP contribution in [0.4, 0.5) is 4.79 Å². The summed E-state index contributed by atoms with van der Waals surface area (Å²) in [5, 5.41) is 12.8. The summed E-state index contributed by atoms with van der Waals surface area (Å²) >= 11 is 0. The van der Waals surface area contributed by atoms with Crippen molar-refractivity contribution in [1.29, 1.82) is 0 Å². The van der Waals surface area contributed by atoms with E-state index in [0.29, 0.717) is 24.9 Å². The average Bonchev–Trinajstić information content (AvgIpc) is 3.32. The van der Waals surface area contributed by atoms with Crippen LogP contribution >= 0.6 is 0 Å². The molecule has 1 aliphatic heterocycles. The maximum absolute atomic E-state index is 12.6. The van der Waals surface area contributed by atoms with E-state index in [9.17, 15) is 9.59 Å². The second-order valence-corrected chi connectivity index (χ2v) is 7.62. The Hall–Kier alpha value is -2.83. The molecular formula is C20H23N3O4. The summed E-state index contributed by atoms with van der Waals surface area (Å²) in [7, 11) is 0. The number of rotatable bonds is 3. The second kappa shape index (κ2) is 6.72. The molecule has 2 fully saturated rings. The Labute approximate surface area is 157 Å². The minimum Gasteiger partial charge on any atom is -0.490 e. The summed E-state index contributed by atoms with van der Waals surface area (Å²) in [6.07, 6.45) is 3.45. The van der Waals surface area contributed by atoms with Crippen LogP contribution in [-0.2, 0) is 0 Å². The highest BCUT2D eigenvalue weighted by atomic mass is 16.5. The fourth-order valence-electron chi connectivity index (χ4n) is 4.17. The topological polar surface area (TPSA) is 84.7 Å². The number of aromatic nitrogens is 2. The molecule has 1 aromatic heterocycles. The molecule has 1 amide bonds. The molecule has 27 heavy (non-hydrogen) atoms. The fourth-order valence-corrected chi connectivity index (χ4v) is 4.17. The third-order valence-electron chi connectivity index (χ3n) is 5.76. The van der Waals surface area contributed by atoms with Crippen molar-refractivity contribution in [3.05, 3.63) is 47.3 Å². The number of aromatic carboxylic acids is 1. The SMILES string of the molecule is Cc1ccc(OC2C[C@@H]3CN(C(=O)n4ccc(C(=O)O)n4)C[C@@H]3C2)cc1C. The number of hydrogen-bond donors (Lipinski definition) is 1. The number of benzene rings is 1. The van der Waals surface area contributed by atoms with E-state index in [1.165, 1.54) is 23.4 Å². The van der Waals surface area contributed by atoms with Crippen molar-refractivity contribution in [2.45, 2.75) is 32.8 Å². The van der Waals surface area contributed by atoms with E-state index in [0.717, 1.165) is 23.3 Å². The number of carbonyl (C=O) groups excluding carboxylic acids is 1. The summed E-state index contributed by atoms with van der Waals surface area (Å²) in [6.45, 7) is 5.50. The second-order valence-electron chi connectivity index (χ2n) is 7.62. The van der Waals surface area contributed by atoms with Crippen molar-refractivity contribution in [1.82, 2.24) is 14.7 Å². The van der Waals surface area contributed by atoms with E-state index in [4.69, 9.17) is 9.84 Å². The molecule has 1 N–H and O–H groups in total. The molecule has 3 atom stereocenters. The molecule has 2 aromatic rings. The van der Waals surface area contributed by atoms with Gasteiger partial charge in [-0.2, -0.15) is 9.78 Å². The highest BCUT2D eigenvalue weighted by molar-refractivity contribution is 5.86. The number of fused-ring (bicyclic) bond motifs is 1. The van der Waals surface area contributed by atoms with E-state index in [2.05, 4.69) is 31.1 Å². The summed E-state index contributed by atoms with van der Waals surface area (Å²) in [5.74, 6) is 0.611. The lowest BCUT2D eigenvalue weighted by Crippen LogP contribution is -2.34. The zero-order valence-electron chi connectivity index (χ0n) is 15.5. The number of carboxylic acids is 1. The van der Waals surface area contributed by atoms with Gasteiger partial charge in [-0.05, 0) is 67.9 Å². The highest BCUT2D eigenvalue weighted by Gasteiger charge is 2.43. The Morgan fingerprint density at radius 3 is 2.41 bits per heavy atom. The molecule has 1 saturated heterocycles. The Balaban J connectivity index is 1.35. The van der Waals surface area contributed by atoms with Gasteiger partial charge in [0.1, 0.15) is 5.75 Å². The molecule has 1 aromatic carbocycles. The van der Waals surface area contributed by atoms with Crippen LogP contribution in [0.2, 0.25) is 0 Å². The van der Waals surface area contributed by atoms with E-state index in [1.807, 2.05) is 6.07 Å². The fraction of sp³-hybridized carbons (Fsp3) is 0.450. The maximum atomic E-state index is 12.6. The largest absolute Gasteiger partial charge is 0.490 e. The smallest absolute Gasteiger partial charge is 0.356 e. The lowest BCUT2D eigenvalue weighted by Gasteiger charge is -2.20. The van der Waals surface area contributed by atoms with Crippen LogP contribution in [0.1, 0.15) is 34.5 Å². The van der Waals surface area contributed by atoms with Gasteiger partial charge in [0.25, 0.3) is 0 Å². The van der Waals surface area contributed by atoms with Crippen molar-refractivity contribution in [2.24, 2.45) is 11.8 Å². The van der Waals surface area contributed by atoms with Gasteiger partial charge in [0.15, 0.2) is 5.69 Å². The van der Waals surface area contributed by atoms with E-state index in [-0.39, 0.29) is 17.8 Å². The molecule has 0 spiro atoms. The molecular weight excluding hydrogens is 346 g/mol. The first-order chi connectivity index (χ1) is 12.9. The number of likely N-dealkylation sites (tertiary alicyclic amines) is 1. The summed E-state index contributed by atoms with van der Waals surface area (Å²) in [5.41, 5.74) is 2.36. The number of amides is 1. The maximum Gasteiger partial charge on any atom is 0.356 e. The summed E-state index contributed by atoms with van der Waals surface area (Å²) in [6, 6.07) is 7.26. The first-order valence-corrected chi connectivity index (χ1v) is 9.23. The molecule has 142 valence electrons. The van der Waals surface area contributed by atoms with Crippen molar-refractivity contribution in [3.63, 3.8) is 0 Å². The predicted octanol–water partition coefficient (Wildman–Crippen LogP) is 2.96. The molecule has 2 heterocycles. The van der Waals surface area contributed by atoms with Crippen LogP contribution in [0.5, 0.6) is 5.75 Å². The van der Waals surface area contributed by atoms with Crippen molar-refractivity contribution < 1.29 is 19.4 Å². The van der Waals surface area contributed by atoms with Gasteiger partial charge in [-0.3, -0.25) is 0 Å². The van der Waals surface area contributed by atoms with Crippen LogP contribution < -0.4 is 4.74 Å². The average molecular weight is 369 g/mol. The van der Waals surface area contributed by atoms with Crippen LogP contribution in [0, 0.1) is 25.7 Å². The summed E-state index contributed by atoms with van der Waals surface area (Å²) in [4.78, 5) is 25.3. The predicted molar refractivity (Wildman–Crippen MR) is 98.1 cm³/mol. The van der Waals surface area contributed by atoms with Crippen molar-refractivity contribution >= 4 is 12.0 Å². The van der Waals surface area contributed by atoms with Crippen LogP contribution in [0.3, 0.4) is 0 Å². The van der Waals surface area contributed by atoms with E-state index < -0.39 is 5.97 Å². The quantitative estimate of drug-likeness (QED) is 0.899. The van der Waals surface area contributed by atoms with Gasteiger partial charge >= 0.3 is 12.0 Å². The van der Waals surface area contributed by atoms with Gasteiger partial charge in [0.2, 0.25) is 0 Å². The first-order valence-electron chi connectivity index (χ1n) is 9.23. The van der Waals surface area contributed by atoms with Gasteiger partial charge in [0, 0.05) is 19.3 Å². The lowest BCUT2D eigenvalue weighted by molar-refractivity contribution is 0.0690. The van der Waals surface area contributed by atoms with Crippen molar-refractivity contribution in [2.75, 3.05) is 13.1 Å². The highest BCUT2D eigenvalue weighted by Crippen LogP contribution is 2.40. The Kier molecular flexibility index (Phi) is 4.37. The molecule has 1 saturated carbocycles. The summed E-state index contributed by atoms with van der Waals surface area (Å²) < 4.78 is 7.29. The third kappa shape index (κ3) is 3.41. The van der Waals surface area contributed by atoms with Crippen LogP contribution in [0.25, 0.3) is 0 Å². The Morgan fingerprint density at radius 2 is 1.81 bits per heavy atom. The molecule has 0 radical (unpaired) electrons. The molecule has 4 rings (SSSR count). The van der Waals surface area contributed by atoms with E-state index >= 15 is 0 Å². The van der Waals surface area contributed by atoms with Gasteiger partial charge < -0.3 is 14.7 Å². The monoisotopic (exact) mass is 369 g/mol. The number of carbonyl (C=O) groups is 2. The molecule has 0 bridgehead atoms. The first kappa shape index (κ1) is 17.6. The molecule has 1 unspecified atom stereocenters. The zero-order chi connectivity index (χ0) is 19.1. The number of ether oxygens (including phenoxy) is 1. The van der Waals surface area contributed by atoms with Crippen molar-refractivity contribution in [3.8, 4) is 5.75 Å². The van der Waals surface area contributed by atoms with Gasteiger partial charge in [0.05, 0.1) is 6.10 Å². The van der Waals surface area contributed by atoms with E-state index in [1.54, 1.807) is 4.90 Å². The molecule has 7 nitrogen and oxygen atoms in total. The van der Waals surface area contributed by atoms with Gasteiger partial charge in [-0.25, -0.2) is 9.59 Å². The molecule has 1 aliphatic carbocycles. The zero-order valence-corrected chi connectivity index (χ0v) is 15.5. The van der Waals surface area contributed by atoms with Gasteiger partial charge in [-0.15, -0.1) is 0 Å². The molecule has 2 aliphatic rings.